The topological polar surface area (TPSA) is 29.5 Å². The van der Waals surface area contributed by atoms with E-state index in [2.05, 4.69) is 0 Å². The molecule has 4 heteroatoms. The molecule has 15 heavy (non-hydrogen) atoms. The van der Waals surface area contributed by atoms with Crippen LogP contribution in [0.5, 0.6) is 5.75 Å². The maximum atomic E-state index is 11.9. The third-order valence-corrected chi connectivity index (χ3v) is 2.92. The van der Waals surface area contributed by atoms with Gasteiger partial charge in [0.25, 0.3) is 5.91 Å². The molecule has 1 aromatic carbocycles. The van der Waals surface area contributed by atoms with Crippen LogP contribution in [0.1, 0.15) is 22.8 Å². The molecule has 1 heterocycles. The zero-order chi connectivity index (χ0) is 11.0. The van der Waals surface area contributed by atoms with Crippen molar-refractivity contribution < 1.29 is 9.53 Å². The Morgan fingerprint density at radius 2 is 2.20 bits per heavy atom. The standard InChI is InChI=1S/C11H11NO2S/c1-3-12-10(13)7-5-4-6-8(14-2)9(7)11(12)15/h4-6H,3H2,1-2H3. The summed E-state index contributed by atoms with van der Waals surface area (Å²) in [6.45, 7) is 2.50. The van der Waals surface area contributed by atoms with E-state index in [9.17, 15) is 4.79 Å². The van der Waals surface area contributed by atoms with Gasteiger partial charge in [0.05, 0.1) is 18.2 Å². The molecule has 1 aromatic rings. The van der Waals surface area contributed by atoms with Crippen molar-refractivity contribution in [2.45, 2.75) is 6.92 Å². The van der Waals surface area contributed by atoms with Crippen molar-refractivity contribution >= 4 is 23.1 Å². The predicted molar refractivity (Wildman–Crippen MR) is 61.4 cm³/mol. The molecular weight excluding hydrogens is 210 g/mol. The summed E-state index contributed by atoms with van der Waals surface area (Å²) in [7, 11) is 1.58. The summed E-state index contributed by atoms with van der Waals surface area (Å²) in [6, 6.07) is 5.40. The van der Waals surface area contributed by atoms with E-state index in [0.717, 1.165) is 5.56 Å². The number of hydrogen-bond donors (Lipinski definition) is 0. The molecule has 0 bridgehead atoms. The molecule has 0 atom stereocenters. The van der Waals surface area contributed by atoms with Gasteiger partial charge in [0.1, 0.15) is 10.7 Å². The summed E-state index contributed by atoms with van der Waals surface area (Å²) in [5.41, 5.74) is 1.39. The molecule has 0 aromatic heterocycles. The molecule has 0 saturated carbocycles. The van der Waals surface area contributed by atoms with E-state index in [-0.39, 0.29) is 5.91 Å². The van der Waals surface area contributed by atoms with Crippen molar-refractivity contribution in [2.75, 3.05) is 13.7 Å². The monoisotopic (exact) mass is 221 g/mol. The van der Waals surface area contributed by atoms with Crippen molar-refractivity contribution in [3.63, 3.8) is 0 Å². The molecule has 0 unspecified atom stereocenters. The first-order chi connectivity index (χ1) is 7.20. The fourth-order valence-electron chi connectivity index (χ4n) is 1.76. The van der Waals surface area contributed by atoms with Gasteiger partial charge in [-0.05, 0) is 19.1 Å². The Morgan fingerprint density at radius 1 is 1.47 bits per heavy atom. The minimum atomic E-state index is -0.0311. The summed E-state index contributed by atoms with van der Waals surface area (Å²) in [6.07, 6.45) is 0. The van der Waals surface area contributed by atoms with Gasteiger partial charge in [0.15, 0.2) is 0 Å². The summed E-state index contributed by atoms with van der Waals surface area (Å²) < 4.78 is 5.20. The second-order valence-electron chi connectivity index (χ2n) is 3.24. The van der Waals surface area contributed by atoms with Crippen LogP contribution in [0.4, 0.5) is 0 Å². The number of hydrogen-bond acceptors (Lipinski definition) is 3. The van der Waals surface area contributed by atoms with E-state index >= 15 is 0 Å². The lowest BCUT2D eigenvalue weighted by Gasteiger charge is -2.12. The van der Waals surface area contributed by atoms with Gasteiger partial charge in [-0.2, -0.15) is 0 Å². The van der Waals surface area contributed by atoms with E-state index in [1.165, 1.54) is 0 Å². The number of methoxy groups -OCH3 is 1. The van der Waals surface area contributed by atoms with Gasteiger partial charge in [-0.1, -0.05) is 18.3 Å². The van der Waals surface area contributed by atoms with Gasteiger partial charge in [-0.25, -0.2) is 0 Å². The van der Waals surface area contributed by atoms with Crippen LogP contribution in [0.3, 0.4) is 0 Å². The molecular formula is C11H11NO2S. The largest absolute Gasteiger partial charge is 0.496 e. The lowest BCUT2D eigenvalue weighted by molar-refractivity contribution is 0.0867. The minimum Gasteiger partial charge on any atom is -0.496 e. The second kappa shape index (κ2) is 3.62. The van der Waals surface area contributed by atoms with Crippen LogP contribution >= 0.6 is 12.2 Å². The number of nitrogens with zero attached hydrogens (tertiary/aromatic N) is 1. The molecule has 78 valence electrons. The molecule has 0 aliphatic carbocycles. The number of carbonyl (C=O) groups excluding carboxylic acids is 1. The Bertz CT molecular complexity index is 442. The number of carbonyl (C=O) groups is 1. The number of rotatable bonds is 2. The Kier molecular flexibility index (Phi) is 2.44. The number of benzene rings is 1. The maximum Gasteiger partial charge on any atom is 0.259 e. The quantitative estimate of drug-likeness (QED) is 0.714. The van der Waals surface area contributed by atoms with Gasteiger partial charge < -0.3 is 4.74 Å². The average Bonchev–Trinajstić information content (AvgIpc) is 2.51. The van der Waals surface area contributed by atoms with E-state index in [1.807, 2.05) is 13.0 Å². The van der Waals surface area contributed by atoms with Gasteiger partial charge in [-0.3, -0.25) is 9.69 Å². The van der Waals surface area contributed by atoms with Crippen molar-refractivity contribution in [1.82, 2.24) is 4.90 Å². The lowest BCUT2D eigenvalue weighted by atomic mass is 10.1. The molecule has 2 rings (SSSR count). The van der Waals surface area contributed by atoms with E-state index in [0.29, 0.717) is 22.8 Å². The van der Waals surface area contributed by atoms with Crippen LogP contribution in [0.25, 0.3) is 0 Å². The van der Waals surface area contributed by atoms with Crippen molar-refractivity contribution in [3.8, 4) is 5.75 Å². The summed E-state index contributed by atoms with van der Waals surface area (Å²) in [5, 5.41) is 0. The van der Waals surface area contributed by atoms with Crippen molar-refractivity contribution in [1.29, 1.82) is 0 Å². The molecule has 0 N–H and O–H groups in total. The Balaban J connectivity index is 2.62. The highest BCUT2D eigenvalue weighted by molar-refractivity contribution is 7.80. The molecule has 1 aliphatic rings. The first-order valence-electron chi connectivity index (χ1n) is 4.74. The third kappa shape index (κ3) is 1.33. The highest BCUT2D eigenvalue weighted by Gasteiger charge is 2.33. The number of amides is 1. The van der Waals surface area contributed by atoms with Crippen molar-refractivity contribution in [3.05, 3.63) is 29.3 Å². The highest BCUT2D eigenvalue weighted by atomic mass is 32.1. The Morgan fingerprint density at radius 3 is 2.80 bits per heavy atom. The van der Waals surface area contributed by atoms with E-state index in [4.69, 9.17) is 17.0 Å². The van der Waals surface area contributed by atoms with Gasteiger partial charge in [0.2, 0.25) is 0 Å². The highest BCUT2D eigenvalue weighted by Crippen LogP contribution is 2.31. The Labute approximate surface area is 93.6 Å². The summed E-state index contributed by atoms with van der Waals surface area (Å²) in [4.78, 5) is 14.0. The molecule has 3 nitrogen and oxygen atoms in total. The molecule has 1 aliphatic heterocycles. The Hall–Kier alpha value is -1.42. The number of fused-ring (bicyclic) bond motifs is 1. The van der Waals surface area contributed by atoms with Crippen LogP contribution in [0.15, 0.2) is 18.2 Å². The second-order valence-corrected chi connectivity index (χ2v) is 3.62. The number of ether oxygens (including phenoxy) is 1. The van der Waals surface area contributed by atoms with Gasteiger partial charge in [0, 0.05) is 6.54 Å². The normalized spacial score (nSPS) is 14.4. The zero-order valence-corrected chi connectivity index (χ0v) is 9.43. The van der Waals surface area contributed by atoms with E-state index < -0.39 is 0 Å². The van der Waals surface area contributed by atoms with Crippen LogP contribution in [0, 0.1) is 0 Å². The maximum absolute atomic E-state index is 11.9. The van der Waals surface area contributed by atoms with Crippen LogP contribution in [0.2, 0.25) is 0 Å². The average molecular weight is 221 g/mol. The molecule has 0 fully saturated rings. The molecule has 0 radical (unpaired) electrons. The first-order valence-corrected chi connectivity index (χ1v) is 5.14. The predicted octanol–water partition coefficient (Wildman–Crippen LogP) is 1.85. The summed E-state index contributed by atoms with van der Waals surface area (Å²) >= 11 is 5.25. The zero-order valence-electron chi connectivity index (χ0n) is 8.61. The van der Waals surface area contributed by atoms with Crippen molar-refractivity contribution in [2.24, 2.45) is 0 Å². The molecule has 0 saturated heterocycles. The van der Waals surface area contributed by atoms with Crippen LogP contribution in [-0.4, -0.2) is 29.5 Å². The minimum absolute atomic E-state index is 0.0311. The first kappa shape index (κ1) is 10.1. The van der Waals surface area contributed by atoms with Gasteiger partial charge in [-0.15, -0.1) is 0 Å². The number of thiocarbonyl (C=S) groups is 1. The molecule has 1 amide bonds. The fourth-order valence-corrected chi connectivity index (χ4v) is 2.18. The molecule has 0 spiro atoms. The smallest absolute Gasteiger partial charge is 0.259 e. The van der Waals surface area contributed by atoms with E-state index in [1.54, 1.807) is 24.1 Å². The summed E-state index contributed by atoms with van der Waals surface area (Å²) in [5.74, 6) is 0.637. The SMILES string of the molecule is CCN1C(=O)c2cccc(OC)c2C1=S. The van der Waals surface area contributed by atoms with Gasteiger partial charge >= 0.3 is 0 Å². The lowest BCUT2D eigenvalue weighted by Crippen LogP contribution is -2.28. The fraction of sp³-hybridized carbons (Fsp3) is 0.273. The third-order valence-electron chi connectivity index (χ3n) is 2.50. The van der Waals surface area contributed by atoms with Crippen LogP contribution < -0.4 is 4.74 Å². The van der Waals surface area contributed by atoms with Crippen LogP contribution in [-0.2, 0) is 0 Å².